The molecule has 0 heterocycles. The second kappa shape index (κ2) is 12.8. The molecule has 0 aliphatic heterocycles. The Kier molecular flexibility index (Phi) is 11.6. The number of rotatable bonds is 15. The zero-order valence-corrected chi connectivity index (χ0v) is 19.9. The number of unbranched alkanes of at least 4 members (excludes halogenated alkanes) is 5. The molecule has 0 aromatic heterocycles. The molecule has 0 aliphatic carbocycles. The van der Waals surface area contributed by atoms with Gasteiger partial charge in [-0.25, -0.2) is 0 Å². The van der Waals surface area contributed by atoms with Gasteiger partial charge >= 0.3 is 0 Å². The molecule has 1 aromatic carbocycles. The highest BCUT2D eigenvalue weighted by Gasteiger charge is 2.21. The van der Waals surface area contributed by atoms with Crippen LogP contribution in [-0.4, -0.2) is 5.34 Å². The lowest BCUT2D eigenvalue weighted by atomic mass is 9.80. The molecule has 1 atom stereocenters. The average Bonchev–Trinajstić information content (AvgIpc) is 2.70. The molecular formula is C25H45OP. The van der Waals surface area contributed by atoms with Crippen LogP contribution in [0.4, 0.5) is 0 Å². The quantitative estimate of drug-likeness (QED) is 0.214. The lowest BCUT2D eigenvalue weighted by molar-refractivity contribution is 0.155. The van der Waals surface area contributed by atoms with Crippen molar-refractivity contribution in [1.82, 2.24) is 0 Å². The van der Waals surface area contributed by atoms with Crippen molar-refractivity contribution in [2.45, 2.75) is 117 Å². The number of benzene rings is 1. The molecule has 0 saturated carbocycles. The van der Waals surface area contributed by atoms with Crippen molar-refractivity contribution in [1.29, 1.82) is 0 Å². The minimum Gasteiger partial charge on any atom is -0.484 e. The Bertz CT molecular complexity index is 486. The Hall–Kier alpha value is -0.550. The molecule has 0 bridgehead atoms. The Labute approximate surface area is 172 Å². The molecule has 1 unspecified atom stereocenters. The Morgan fingerprint density at radius 2 is 1.26 bits per heavy atom. The molecule has 1 rings (SSSR count). The summed E-state index contributed by atoms with van der Waals surface area (Å²) in [6.07, 6.45) is 15.5. The van der Waals surface area contributed by atoms with Crippen molar-refractivity contribution in [3.05, 3.63) is 29.8 Å². The Morgan fingerprint density at radius 1 is 0.741 bits per heavy atom. The van der Waals surface area contributed by atoms with Crippen LogP contribution in [0, 0.1) is 5.41 Å². The van der Waals surface area contributed by atoms with E-state index in [1.165, 1.54) is 69.8 Å². The topological polar surface area (TPSA) is 9.23 Å². The molecule has 27 heavy (non-hydrogen) atoms. The Balaban J connectivity index is 2.17. The number of aryl methyl sites for hydroxylation is 1. The summed E-state index contributed by atoms with van der Waals surface area (Å²) in [6.45, 7) is 11.5. The summed E-state index contributed by atoms with van der Waals surface area (Å²) >= 11 is 0. The first kappa shape index (κ1) is 24.5. The van der Waals surface area contributed by atoms with E-state index >= 15 is 0 Å². The normalized spacial score (nSPS) is 12.4. The van der Waals surface area contributed by atoms with E-state index in [4.69, 9.17) is 4.74 Å². The van der Waals surface area contributed by atoms with Gasteiger partial charge in [0.15, 0.2) is 0 Å². The fraction of sp³-hybridized carbons (Fsp3) is 0.760. The Morgan fingerprint density at radius 3 is 1.78 bits per heavy atom. The second-order valence-electron chi connectivity index (χ2n) is 8.66. The molecule has 2 heteroatoms. The van der Waals surface area contributed by atoms with Crippen LogP contribution in [0.25, 0.3) is 0 Å². The third-order valence-corrected chi connectivity index (χ3v) is 7.58. The van der Waals surface area contributed by atoms with E-state index in [0.29, 0.717) is 5.41 Å². The van der Waals surface area contributed by atoms with Gasteiger partial charge in [0.1, 0.15) is 11.1 Å². The van der Waals surface area contributed by atoms with E-state index in [1.807, 2.05) is 0 Å². The standard InChI is InChI=1S/C25H45OP/c1-6-24(5,7-2)21-15-13-11-10-12-14-16-22-17-19-23(20-18-22)26-25(27,8-3)9-4/h17-20H,6-16,21,27H2,1-5H3. The maximum Gasteiger partial charge on any atom is 0.121 e. The van der Waals surface area contributed by atoms with E-state index in [0.717, 1.165) is 18.6 Å². The molecule has 0 fully saturated rings. The lowest BCUT2D eigenvalue weighted by Crippen LogP contribution is -2.26. The first-order valence-corrected chi connectivity index (χ1v) is 12.0. The molecule has 0 amide bonds. The molecule has 156 valence electrons. The zero-order valence-electron chi connectivity index (χ0n) is 18.8. The van der Waals surface area contributed by atoms with Gasteiger partial charge in [-0.2, -0.15) is 0 Å². The summed E-state index contributed by atoms with van der Waals surface area (Å²) in [5, 5.41) is -0.118. The average molecular weight is 393 g/mol. The van der Waals surface area contributed by atoms with Crippen LogP contribution in [0.15, 0.2) is 24.3 Å². The van der Waals surface area contributed by atoms with Crippen LogP contribution in [0.1, 0.15) is 111 Å². The molecule has 0 spiro atoms. The SMILES string of the molecule is CCC(C)(CC)CCCCCCCCc1ccc(OC(P)(CC)CC)cc1. The summed E-state index contributed by atoms with van der Waals surface area (Å²) in [5.41, 5.74) is 2.02. The summed E-state index contributed by atoms with van der Waals surface area (Å²) in [7, 11) is 2.87. The van der Waals surface area contributed by atoms with Crippen molar-refractivity contribution >= 4 is 9.24 Å². The van der Waals surface area contributed by atoms with Crippen molar-refractivity contribution in [2.75, 3.05) is 0 Å². The van der Waals surface area contributed by atoms with Gasteiger partial charge in [-0.1, -0.05) is 101 Å². The van der Waals surface area contributed by atoms with Crippen LogP contribution in [0.2, 0.25) is 0 Å². The van der Waals surface area contributed by atoms with Crippen molar-refractivity contribution in [2.24, 2.45) is 5.41 Å². The van der Waals surface area contributed by atoms with E-state index in [9.17, 15) is 0 Å². The van der Waals surface area contributed by atoms with Gasteiger partial charge in [0.2, 0.25) is 0 Å². The van der Waals surface area contributed by atoms with Crippen molar-refractivity contribution < 1.29 is 4.74 Å². The van der Waals surface area contributed by atoms with E-state index < -0.39 is 0 Å². The highest BCUT2D eigenvalue weighted by atomic mass is 31.0. The maximum absolute atomic E-state index is 6.14. The summed E-state index contributed by atoms with van der Waals surface area (Å²) in [6, 6.07) is 8.75. The predicted molar refractivity (Wildman–Crippen MR) is 125 cm³/mol. The molecule has 0 N–H and O–H groups in total. The molecular weight excluding hydrogens is 347 g/mol. The van der Waals surface area contributed by atoms with Crippen LogP contribution in [-0.2, 0) is 6.42 Å². The highest BCUT2D eigenvalue weighted by Crippen LogP contribution is 2.32. The van der Waals surface area contributed by atoms with Gasteiger partial charge in [-0.15, -0.1) is 0 Å². The maximum atomic E-state index is 6.14. The van der Waals surface area contributed by atoms with Gasteiger partial charge in [-0.05, 0) is 55.2 Å². The van der Waals surface area contributed by atoms with Gasteiger partial charge in [0, 0.05) is 0 Å². The minimum absolute atomic E-state index is 0.118. The number of hydrogen-bond donors (Lipinski definition) is 0. The smallest absolute Gasteiger partial charge is 0.121 e. The fourth-order valence-electron chi connectivity index (χ4n) is 3.54. The van der Waals surface area contributed by atoms with Crippen LogP contribution >= 0.6 is 9.24 Å². The molecule has 0 radical (unpaired) electrons. The minimum atomic E-state index is -0.118. The molecule has 0 saturated heterocycles. The molecule has 0 aliphatic rings. The van der Waals surface area contributed by atoms with Gasteiger partial charge in [0.25, 0.3) is 0 Å². The lowest BCUT2D eigenvalue weighted by Gasteiger charge is -2.28. The van der Waals surface area contributed by atoms with Crippen molar-refractivity contribution in [3.63, 3.8) is 0 Å². The van der Waals surface area contributed by atoms with Crippen LogP contribution in [0.3, 0.4) is 0 Å². The third-order valence-electron chi connectivity index (χ3n) is 6.64. The first-order chi connectivity index (χ1) is 12.9. The second-order valence-corrected chi connectivity index (χ2v) is 9.71. The van der Waals surface area contributed by atoms with Gasteiger partial charge in [-0.3, -0.25) is 0 Å². The highest BCUT2D eigenvalue weighted by molar-refractivity contribution is 7.18. The third kappa shape index (κ3) is 9.47. The molecule has 1 nitrogen and oxygen atoms in total. The summed E-state index contributed by atoms with van der Waals surface area (Å²) in [4.78, 5) is 0. The zero-order chi connectivity index (χ0) is 20.2. The van der Waals surface area contributed by atoms with Crippen LogP contribution in [0.5, 0.6) is 5.75 Å². The largest absolute Gasteiger partial charge is 0.484 e. The van der Waals surface area contributed by atoms with E-state index in [2.05, 4.69) is 68.1 Å². The van der Waals surface area contributed by atoms with E-state index in [-0.39, 0.29) is 5.34 Å². The monoisotopic (exact) mass is 392 g/mol. The fourth-order valence-corrected chi connectivity index (χ4v) is 3.68. The number of hydrogen-bond acceptors (Lipinski definition) is 1. The van der Waals surface area contributed by atoms with Crippen LogP contribution < -0.4 is 4.74 Å². The molecule has 1 aromatic rings. The van der Waals surface area contributed by atoms with Gasteiger partial charge < -0.3 is 4.74 Å². The number of ether oxygens (including phenoxy) is 1. The summed E-state index contributed by atoms with van der Waals surface area (Å²) < 4.78 is 6.14. The van der Waals surface area contributed by atoms with Gasteiger partial charge in [0.05, 0.1) is 0 Å². The summed E-state index contributed by atoms with van der Waals surface area (Å²) in [5.74, 6) is 0.989. The predicted octanol–water partition coefficient (Wildman–Crippen LogP) is 8.56. The van der Waals surface area contributed by atoms with Crippen molar-refractivity contribution in [3.8, 4) is 5.75 Å². The van der Waals surface area contributed by atoms with E-state index in [1.54, 1.807) is 0 Å². The first-order valence-electron chi connectivity index (χ1n) is 11.5.